The Labute approximate surface area is 138 Å². The zero-order valence-electron chi connectivity index (χ0n) is 13.3. The van der Waals surface area contributed by atoms with Gasteiger partial charge in [0.15, 0.2) is 12.8 Å². The lowest BCUT2D eigenvalue weighted by molar-refractivity contribution is -0.608. The first-order valence-corrected chi connectivity index (χ1v) is 7.57. The molecule has 24 heavy (non-hydrogen) atoms. The quantitative estimate of drug-likeness (QED) is 0.427. The zero-order valence-corrected chi connectivity index (χ0v) is 13.3. The van der Waals surface area contributed by atoms with Crippen molar-refractivity contribution in [1.82, 2.24) is 9.80 Å². The Morgan fingerprint density at radius 3 is 2.42 bits per heavy atom. The molecule has 9 nitrogen and oxygen atoms in total. The molecule has 0 bridgehead atoms. The average Bonchev–Trinajstić information content (AvgIpc) is 2.60. The number of esters is 1. The standard InChI is InChI=1S/C15H19N3O6/c1-2-23-15(21)17-9-7-16(8-10-17)13(19)11-24-14(20)12-5-3-4-6-18(12)22/h3-6H,2,7-11H2,1H3. The highest BCUT2D eigenvalue weighted by Gasteiger charge is 2.26. The summed E-state index contributed by atoms with van der Waals surface area (Å²) in [6, 6.07) is 4.33. The van der Waals surface area contributed by atoms with Gasteiger partial charge in [0, 0.05) is 38.3 Å². The maximum absolute atomic E-state index is 12.1. The Bertz CT molecular complexity index is 613. The molecule has 2 rings (SSSR count). The van der Waals surface area contributed by atoms with Gasteiger partial charge in [0.1, 0.15) is 0 Å². The van der Waals surface area contributed by atoms with E-state index < -0.39 is 18.7 Å². The average molecular weight is 337 g/mol. The number of nitrogens with zero attached hydrogens (tertiary/aromatic N) is 3. The molecule has 1 aromatic heterocycles. The van der Waals surface area contributed by atoms with Crippen molar-refractivity contribution in [2.24, 2.45) is 0 Å². The second-order valence-electron chi connectivity index (χ2n) is 5.05. The van der Waals surface area contributed by atoms with Crippen LogP contribution in [0, 0.1) is 5.21 Å². The van der Waals surface area contributed by atoms with E-state index in [0.717, 1.165) is 0 Å². The van der Waals surface area contributed by atoms with Crippen molar-refractivity contribution in [2.75, 3.05) is 39.4 Å². The highest BCUT2D eigenvalue weighted by Crippen LogP contribution is 2.05. The summed E-state index contributed by atoms with van der Waals surface area (Å²) in [6.07, 6.45) is 0.771. The number of hydrogen-bond acceptors (Lipinski definition) is 6. The first-order chi connectivity index (χ1) is 11.5. The van der Waals surface area contributed by atoms with Gasteiger partial charge < -0.3 is 24.5 Å². The van der Waals surface area contributed by atoms with Crippen LogP contribution in [0.1, 0.15) is 17.4 Å². The van der Waals surface area contributed by atoms with Crippen molar-refractivity contribution >= 4 is 18.0 Å². The topological polar surface area (TPSA) is 103 Å². The SMILES string of the molecule is CCOC(=O)N1CCN(C(=O)COC(=O)c2cccc[n+]2[O-])CC1. The molecule has 0 spiro atoms. The molecule has 1 aromatic rings. The fourth-order valence-electron chi connectivity index (χ4n) is 2.23. The van der Waals surface area contributed by atoms with E-state index >= 15 is 0 Å². The highest BCUT2D eigenvalue weighted by atomic mass is 16.6. The molecule has 130 valence electrons. The van der Waals surface area contributed by atoms with E-state index in [0.29, 0.717) is 37.5 Å². The lowest BCUT2D eigenvalue weighted by Crippen LogP contribution is -2.51. The van der Waals surface area contributed by atoms with Crippen LogP contribution in [-0.2, 0) is 14.3 Å². The third kappa shape index (κ3) is 4.34. The molecule has 0 saturated carbocycles. The van der Waals surface area contributed by atoms with Gasteiger partial charge in [-0.05, 0) is 13.0 Å². The largest absolute Gasteiger partial charge is 0.618 e. The van der Waals surface area contributed by atoms with E-state index in [2.05, 4.69) is 0 Å². The zero-order chi connectivity index (χ0) is 17.5. The van der Waals surface area contributed by atoms with Crippen molar-refractivity contribution in [3.05, 3.63) is 35.3 Å². The van der Waals surface area contributed by atoms with Crippen LogP contribution in [0.25, 0.3) is 0 Å². The van der Waals surface area contributed by atoms with Crippen LogP contribution < -0.4 is 4.73 Å². The Morgan fingerprint density at radius 2 is 1.79 bits per heavy atom. The molecule has 9 heteroatoms. The van der Waals surface area contributed by atoms with Crippen molar-refractivity contribution in [3.8, 4) is 0 Å². The number of carbonyl (C=O) groups excluding carboxylic acids is 3. The lowest BCUT2D eigenvalue weighted by atomic mass is 10.3. The van der Waals surface area contributed by atoms with E-state index in [1.165, 1.54) is 34.2 Å². The number of piperazine rings is 1. The molecule has 0 radical (unpaired) electrons. The van der Waals surface area contributed by atoms with Gasteiger partial charge in [-0.15, -0.1) is 0 Å². The number of hydrogen-bond donors (Lipinski definition) is 0. The summed E-state index contributed by atoms with van der Waals surface area (Å²) in [5, 5.41) is 11.4. The molecule has 1 fully saturated rings. The molecule has 1 aliphatic rings. The summed E-state index contributed by atoms with van der Waals surface area (Å²) >= 11 is 0. The van der Waals surface area contributed by atoms with Crippen molar-refractivity contribution < 1.29 is 28.6 Å². The summed E-state index contributed by atoms with van der Waals surface area (Å²) in [4.78, 5) is 38.4. The van der Waals surface area contributed by atoms with Gasteiger partial charge in [-0.1, -0.05) is 0 Å². The Hall–Kier alpha value is -2.84. The molecule has 0 atom stereocenters. The van der Waals surface area contributed by atoms with Gasteiger partial charge >= 0.3 is 17.8 Å². The van der Waals surface area contributed by atoms with Crippen LogP contribution >= 0.6 is 0 Å². The lowest BCUT2D eigenvalue weighted by Gasteiger charge is -2.33. The summed E-state index contributed by atoms with van der Waals surface area (Å²) in [5.74, 6) is -1.23. The fraction of sp³-hybridized carbons (Fsp3) is 0.467. The third-order valence-corrected chi connectivity index (χ3v) is 3.52. The first-order valence-electron chi connectivity index (χ1n) is 7.57. The first kappa shape index (κ1) is 17.5. The number of aromatic nitrogens is 1. The molecule has 0 N–H and O–H groups in total. The molecule has 0 aromatic carbocycles. The smallest absolute Gasteiger partial charge is 0.409 e. The maximum atomic E-state index is 12.1. The number of pyridine rings is 1. The molecular formula is C15H19N3O6. The van der Waals surface area contributed by atoms with Crippen LogP contribution in [0.3, 0.4) is 0 Å². The van der Waals surface area contributed by atoms with Crippen molar-refractivity contribution in [2.45, 2.75) is 6.92 Å². The minimum Gasteiger partial charge on any atom is -0.618 e. The second kappa shape index (κ2) is 8.14. The number of amides is 2. The normalized spacial score (nSPS) is 14.2. The van der Waals surface area contributed by atoms with Crippen molar-refractivity contribution in [3.63, 3.8) is 0 Å². The fourth-order valence-corrected chi connectivity index (χ4v) is 2.23. The Balaban J connectivity index is 1.79. The molecule has 0 unspecified atom stereocenters. The van der Waals surface area contributed by atoms with E-state index in [9.17, 15) is 19.6 Å². The van der Waals surface area contributed by atoms with Crippen LogP contribution in [0.5, 0.6) is 0 Å². The molecule has 1 aliphatic heterocycles. The van der Waals surface area contributed by atoms with Gasteiger partial charge in [-0.25, -0.2) is 9.59 Å². The number of carbonyl (C=O) groups is 3. The maximum Gasteiger partial charge on any atom is 0.409 e. The summed E-state index contributed by atoms with van der Waals surface area (Å²) in [5.41, 5.74) is -0.183. The number of ether oxygens (including phenoxy) is 2. The summed E-state index contributed by atoms with van der Waals surface area (Å²) in [6.45, 7) is 2.96. The van der Waals surface area contributed by atoms with Gasteiger partial charge in [0.25, 0.3) is 5.91 Å². The van der Waals surface area contributed by atoms with Crippen molar-refractivity contribution in [1.29, 1.82) is 0 Å². The second-order valence-corrected chi connectivity index (χ2v) is 5.05. The molecule has 1 saturated heterocycles. The van der Waals surface area contributed by atoms with E-state index in [4.69, 9.17) is 9.47 Å². The van der Waals surface area contributed by atoms with E-state index in [-0.39, 0.29) is 11.6 Å². The molecular weight excluding hydrogens is 318 g/mol. The van der Waals surface area contributed by atoms with Crippen LogP contribution in [-0.4, -0.2) is 67.2 Å². The highest BCUT2D eigenvalue weighted by molar-refractivity contribution is 5.88. The van der Waals surface area contributed by atoms with E-state index in [1.807, 2.05) is 0 Å². The minimum absolute atomic E-state index is 0.183. The Kier molecular flexibility index (Phi) is 5.94. The predicted octanol–water partition coefficient (Wildman–Crippen LogP) is -0.222. The van der Waals surface area contributed by atoms with Crippen LogP contribution in [0.4, 0.5) is 4.79 Å². The minimum atomic E-state index is -0.857. The van der Waals surface area contributed by atoms with Crippen LogP contribution in [0.2, 0.25) is 0 Å². The molecule has 0 aliphatic carbocycles. The third-order valence-electron chi connectivity index (χ3n) is 3.52. The summed E-state index contributed by atoms with van der Waals surface area (Å²) in [7, 11) is 0. The predicted molar refractivity (Wildman–Crippen MR) is 80.9 cm³/mol. The van der Waals surface area contributed by atoms with Gasteiger partial charge in [0.2, 0.25) is 0 Å². The van der Waals surface area contributed by atoms with Gasteiger partial charge in [0.05, 0.1) is 6.61 Å². The van der Waals surface area contributed by atoms with Gasteiger partial charge in [-0.3, -0.25) is 4.79 Å². The van der Waals surface area contributed by atoms with Crippen LogP contribution in [0.15, 0.2) is 24.4 Å². The summed E-state index contributed by atoms with van der Waals surface area (Å²) < 4.78 is 10.2. The van der Waals surface area contributed by atoms with Gasteiger partial charge in [-0.2, -0.15) is 4.73 Å². The Morgan fingerprint density at radius 1 is 1.12 bits per heavy atom. The number of rotatable bonds is 4. The van der Waals surface area contributed by atoms with E-state index in [1.54, 1.807) is 6.92 Å². The molecule has 2 heterocycles. The monoisotopic (exact) mass is 337 g/mol. The molecule has 2 amide bonds.